The van der Waals surface area contributed by atoms with E-state index in [0.717, 1.165) is 13.1 Å². The van der Waals surface area contributed by atoms with Crippen molar-refractivity contribution in [2.45, 2.75) is 187 Å². The molecule has 2 aromatic heterocycles. The van der Waals surface area contributed by atoms with Crippen LogP contribution in [0, 0.1) is 0 Å². The zero-order chi connectivity index (χ0) is 49.3. The van der Waals surface area contributed by atoms with E-state index in [1.54, 1.807) is 0 Å². The van der Waals surface area contributed by atoms with Crippen LogP contribution in [0.3, 0.4) is 0 Å². The Balaban J connectivity index is 0.910. The highest BCUT2D eigenvalue weighted by Gasteiger charge is 2.42. The third-order valence-corrected chi connectivity index (χ3v) is 16.9. The summed E-state index contributed by atoms with van der Waals surface area (Å²) >= 11 is 7.85. The molecule has 0 aliphatic heterocycles. The zero-order valence-corrected chi connectivity index (χ0v) is 47.2. The van der Waals surface area contributed by atoms with E-state index in [0.29, 0.717) is 0 Å². The van der Waals surface area contributed by atoms with Gasteiger partial charge in [0.15, 0.2) is 0 Å². The molecule has 0 unspecified atom stereocenters. The van der Waals surface area contributed by atoms with Crippen molar-refractivity contribution in [3.8, 4) is 11.1 Å². The molecule has 69 heavy (non-hydrogen) atoms. The monoisotopic (exact) mass is 1040 g/mol. The maximum absolute atomic E-state index is 3.93. The van der Waals surface area contributed by atoms with Gasteiger partial charge in [0.25, 0.3) is 0 Å². The molecule has 0 saturated heterocycles. The highest BCUT2D eigenvalue weighted by atomic mass is 79.9. The van der Waals surface area contributed by atoms with E-state index >= 15 is 0 Å². The summed E-state index contributed by atoms with van der Waals surface area (Å²) in [7, 11) is 0. The largest absolute Gasteiger partial charge is 0.340 e. The van der Waals surface area contributed by atoms with Crippen molar-refractivity contribution in [1.29, 1.82) is 0 Å². The number of hydrogen-bond donors (Lipinski definition) is 0. The molecule has 4 heteroatoms. The lowest BCUT2D eigenvalue weighted by molar-refractivity contribution is 0.396. The molecule has 0 bridgehead atoms. The quantitative estimate of drug-likeness (QED) is 0.0961. The third kappa shape index (κ3) is 9.81. The fourth-order valence-electron chi connectivity index (χ4n) is 11.8. The molecule has 0 N–H and O–H groups in total. The maximum Gasteiger partial charge on any atom is 0.0491 e. The first kappa shape index (κ1) is 49.8. The number of benzene rings is 6. The third-order valence-electron chi connectivity index (χ3n) is 15.9. The van der Waals surface area contributed by atoms with Gasteiger partial charge in [0.2, 0.25) is 0 Å². The van der Waals surface area contributed by atoms with Crippen molar-refractivity contribution < 1.29 is 0 Å². The summed E-state index contributed by atoms with van der Waals surface area (Å²) in [6.07, 6.45) is 12.1. The molecule has 0 saturated carbocycles. The van der Waals surface area contributed by atoms with Crippen LogP contribution >= 0.6 is 31.9 Å². The van der Waals surface area contributed by atoms with E-state index < -0.39 is 0 Å². The van der Waals surface area contributed by atoms with Crippen molar-refractivity contribution in [3.63, 3.8) is 0 Å². The second kappa shape index (κ2) is 18.8. The van der Waals surface area contributed by atoms with Crippen LogP contribution in [-0.4, -0.2) is 9.13 Å². The van der Waals surface area contributed by atoms with Crippen LogP contribution in [0.5, 0.6) is 0 Å². The van der Waals surface area contributed by atoms with Gasteiger partial charge in [0.05, 0.1) is 0 Å². The molecule has 2 nitrogen and oxygen atoms in total. The Kier molecular flexibility index (Phi) is 13.6. The summed E-state index contributed by atoms with van der Waals surface area (Å²) in [6, 6.07) is 43.1. The first-order valence-corrected chi connectivity index (χ1v) is 27.9. The lowest BCUT2D eigenvalue weighted by atomic mass is 9.70. The Labute approximate surface area is 431 Å². The molecule has 8 aromatic rings. The molecular weight excluding hydrogens is 969 g/mol. The molecule has 0 atom stereocenters. The molecule has 0 amide bonds. The van der Waals surface area contributed by atoms with Gasteiger partial charge in [-0.3, -0.25) is 0 Å². The van der Waals surface area contributed by atoms with Crippen molar-refractivity contribution >= 4 is 75.5 Å². The predicted molar refractivity (Wildman–Crippen MR) is 308 cm³/mol. The summed E-state index contributed by atoms with van der Waals surface area (Å²) in [6.45, 7) is 30.1. The first-order chi connectivity index (χ1) is 32.5. The predicted octanol–water partition coefficient (Wildman–Crippen LogP) is 20.2. The fourth-order valence-corrected chi connectivity index (χ4v) is 12.5. The summed E-state index contributed by atoms with van der Waals surface area (Å²) in [5, 5.41) is 5.60. The lowest BCUT2D eigenvalue weighted by Crippen LogP contribution is -2.25. The minimum absolute atomic E-state index is 0.00292. The van der Waals surface area contributed by atoms with E-state index in [1.807, 2.05) is 0 Å². The zero-order valence-electron chi connectivity index (χ0n) is 44.0. The number of unbranched alkanes of at least 4 members (excludes halogenated alkanes) is 6. The van der Waals surface area contributed by atoms with E-state index in [-0.39, 0.29) is 27.1 Å². The standard InChI is InChI=1S/C65H78Br2N2/c1-61(2,3)43-21-29-57-51(37-43)52-38-44(62(4,5)6)22-30-58(52)68(57)35-19-15-13-17-33-65(55-41-47(66)25-27-49(55)50-28-26-48(67)42-56(50)65)34-18-14-16-20-36-69-59-31-23-45(63(7,8)9)39-53(59)54-40-46(64(10,11)12)24-32-60(54)69/h21-32,37-42H,13-20,33-36H2,1-12H3. The highest BCUT2D eigenvalue weighted by molar-refractivity contribution is 9.10. The van der Waals surface area contributed by atoms with Crippen molar-refractivity contribution in [2.24, 2.45) is 0 Å². The van der Waals surface area contributed by atoms with Gasteiger partial charge in [-0.25, -0.2) is 0 Å². The average molecular weight is 1050 g/mol. The smallest absolute Gasteiger partial charge is 0.0491 e. The number of aryl methyl sites for hydroxylation is 2. The van der Waals surface area contributed by atoms with Gasteiger partial charge in [-0.05, 0) is 165 Å². The van der Waals surface area contributed by atoms with Crippen LogP contribution in [-0.2, 0) is 40.2 Å². The van der Waals surface area contributed by atoms with Crippen LogP contribution in [0.15, 0.2) is 118 Å². The number of aromatic nitrogens is 2. The SMILES string of the molecule is CC(C)(C)c1ccc2c(c1)c1cc(C(C)(C)C)ccc1n2CCCCCCC1(CCCCCCn2c3ccc(C(C)(C)C)cc3c3cc(C(C)(C)C)ccc32)c2cc(Br)ccc2-c2ccc(Br)cc21. The van der Waals surface area contributed by atoms with Crippen molar-refractivity contribution in [1.82, 2.24) is 9.13 Å². The van der Waals surface area contributed by atoms with Crippen LogP contribution in [0.1, 0.15) is 181 Å². The Morgan fingerprint density at radius 3 is 0.928 bits per heavy atom. The minimum Gasteiger partial charge on any atom is -0.340 e. The Morgan fingerprint density at radius 1 is 0.348 bits per heavy atom. The molecule has 2 heterocycles. The molecule has 0 fully saturated rings. The molecule has 0 spiro atoms. The maximum atomic E-state index is 3.93. The molecule has 1 aliphatic carbocycles. The van der Waals surface area contributed by atoms with E-state index in [2.05, 4.69) is 233 Å². The van der Waals surface area contributed by atoms with E-state index in [4.69, 9.17) is 0 Å². The van der Waals surface area contributed by atoms with Crippen LogP contribution in [0.4, 0.5) is 0 Å². The second-order valence-corrected chi connectivity index (χ2v) is 26.9. The van der Waals surface area contributed by atoms with Gasteiger partial charge in [0.1, 0.15) is 0 Å². The number of halogens is 2. The fraction of sp³-hybridized carbons (Fsp3) is 0.446. The molecular formula is C65H78Br2N2. The number of fused-ring (bicyclic) bond motifs is 9. The van der Waals surface area contributed by atoms with Gasteiger partial charge >= 0.3 is 0 Å². The van der Waals surface area contributed by atoms with Crippen LogP contribution in [0.2, 0.25) is 0 Å². The van der Waals surface area contributed by atoms with Crippen molar-refractivity contribution in [3.05, 3.63) is 152 Å². The summed E-state index contributed by atoms with van der Waals surface area (Å²) < 4.78 is 7.61. The van der Waals surface area contributed by atoms with Gasteiger partial charge in [-0.1, -0.05) is 190 Å². The highest BCUT2D eigenvalue weighted by Crippen LogP contribution is 2.55. The summed E-state index contributed by atoms with van der Waals surface area (Å²) in [5.41, 5.74) is 17.4. The van der Waals surface area contributed by atoms with Gasteiger partial charge in [-0.15, -0.1) is 0 Å². The average Bonchev–Trinajstić information content (AvgIpc) is 3.86. The Morgan fingerprint density at radius 2 is 0.638 bits per heavy atom. The molecule has 0 radical (unpaired) electrons. The topological polar surface area (TPSA) is 9.86 Å². The Hall–Kier alpha value is -4.12. The summed E-state index contributed by atoms with van der Waals surface area (Å²) in [5.74, 6) is 0. The van der Waals surface area contributed by atoms with Gasteiger partial charge in [0, 0.05) is 71.1 Å². The van der Waals surface area contributed by atoms with E-state index in [1.165, 1.54) is 161 Å². The molecule has 9 rings (SSSR count). The molecule has 1 aliphatic rings. The first-order valence-electron chi connectivity index (χ1n) is 26.3. The summed E-state index contributed by atoms with van der Waals surface area (Å²) in [4.78, 5) is 0. The van der Waals surface area contributed by atoms with Crippen molar-refractivity contribution in [2.75, 3.05) is 0 Å². The molecule has 6 aromatic carbocycles. The van der Waals surface area contributed by atoms with Gasteiger partial charge < -0.3 is 9.13 Å². The normalized spacial score (nSPS) is 14.2. The van der Waals surface area contributed by atoms with Crippen LogP contribution in [0.25, 0.3) is 54.7 Å². The Bertz CT molecular complexity index is 2820. The minimum atomic E-state index is 0.00292. The van der Waals surface area contributed by atoms with E-state index in [9.17, 15) is 0 Å². The number of hydrogen-bond acceptors (Lipinski definition) is 0. The lowest BCUT2D eigenvalue weighted by Gasteiger charge is -2.33. The van der Waals surface area contributed by atoms with Gasteiger partial charge in [-0.2, -0.15) is 0 Å². The van der Waals surface area contributed by atoms with Crippen LogP contribution < -0.4 is 0 Å². The number of rotatable bonds is 14. The second-order valence-electron chi connectivity index (χ2n) is 25.0. The molecule has 362 valence electrons. The number of nitrogens with zero attached hydrogens (tertiary/aromatic N) is 2.